The summed E-state index contributed by atoms with van der Waals surface area (Å²) in [5.74, 6) is -2.51. The van der Waals surface area contributed by atoms with E-state index in [9.17, 15) is 26.3 Å². The van der Waals surface area contributed by atoms with Gasteiger partial charge in [-0.3, -0.25) is 4.40 Å². The van der Waals surface area contributed by atoms with Crippen molar-refractivity contribution < 1.29 is 31.1 Å². The van der Waals surface area contributed by atoms with Gasteiger partial charge < -0.3 is 4.74 Å². The molecule has 0 amide bonds. The zero-order chi connectivity index (χ0) is 19.1. The third-order valence-electron chi connectivity index (χ3n) is 3.51. The van der Waals surface area contributed by atoms with Gasteiger partial charge in [0.25, 0.3) is 12.3 Å². The highest BCUT2D eigenvalue weighted by molar-refractivity contribution is 5.64. The van der Waals surface area contributed by atoms with Crippen LogP contribution in [0.1, 0.15) is 19.2 Å². The Bertz CT molecular complexity index is 940. The number of fused-ring (bicyclic) bond motifs is 1. The Morgan fingerprint density at radius 2 is 1.85 bits per heavy atom. The minimum atomic E-state index is -4.67. The Hall–Kier alpha value is -2.85. The van der Waals surface area contributed by atoms with Gasteiger partial charge in [-0.1, -0.05) is 0 Å². The normalized spacial score (nSPS) is 13.4. The van der Waals surface area contributed by atoms with Gasteiger partial charge in [-0.2, -0.15) is 13.2 Å². The Labute approximate surface area is 142 Å². The first-order valence-electron chi connectivity index (χ1n) is 7.19. The molecule has 0 radical (unpaired) electrons. The number of rotatable bonds is 4. The van der Waals surface area contributed by atoms with Gasteiger partial charge in [-0.05, 0) is 25.1 Å². The maximum atomic E-state index is 14.0. The van der Waals surface area contributed by atoms with E-state index in [-0.39, 0.29) is 11.2 Å². The van der Waals surface area contributed by atoms with Crippen molar-refractivity contribution in [1.29, 1.82) is 0 Å². The molecule has 0 saturated carbocycles. The topological polar surface area (TPSA) is 52.3 Å². The van der Waals surface area contributed by atoms with Crippen molar-refractivity contribution in [2.24, 2.45) is 0 Å². The quantitative estimate of drug-likeness (QED) is 0.641. The van der Waals surface area contributed by atoms with Crippen LogP contribution in [0.3, 0.4) is 0 Å². The molecule has 0 unspecified atom stereocenters. The highest BCUT2D eigenvalue weighted by Crippen LogP contribution is 2.28. The number of alkyl halides is 5. The molecule has 138 valence electrons. The first-order valence-corrected chi connectivity index (χ1v) is 7.19. The van der Waals surface area contributed by atoms with Crippen molar-refractivity contribution in [3.05, 3.63) is 42.2 Å². The standard InChI is InChI=1S/C15H10F6N4O/c1-7(15(19,20)21)26-14-10(16)4-9(5-22-14)8-2-3-11-23-24-13(12(17)18)25(11)6-8/h2-7,12H,1H3/t7-/m1/s1. The molecule has 0 aromatic carbocycles. The third kappa shape index (κ3) is 3.41. The van der Waals surface area contributed by atoms with Gasteiger partial charge in [-0.25, -0.2) is 18.2 Å². The van der Waals surface area contributed by atoms with E-state index in [4.69, 9.17) is 0 Å². The van der Waals surface area contributed by atoms with Crippen molar-refractivity contribution in [1.82, 2.24) is 19.6 Å². The predicted molar refractivity (Wildman–Crippen MR) is 77.3 cm³/mol. The van der Waals surface area contributed by atoms with Crippen LogP contribution in [0.2, 0.25) is 0 Å². The fourth-order valence-corrected chi connectivity index (χ4v) is 2.13. The van der Waals surface area contributed by atoms with Crippen LogP contribution < -0.4 is 4.74 Å². The van der Waals surface area contributed by atoms with Crippen LogP contribution in [0.25, 0.3) is 16.8 Å². The maximum absolute atomic E-state index is 14.0. The molecule has 3 rings (SSSR count). The molecular formula is C15H10F6N4O. The zero-order valence-electron chi connectivity index (χ0n) is 13.0. The van der Waals surface area contributed by atoms with E-state index in [2.05, 4.69) is 19.9 Å². The van der Waals surface area contributed by atoms with Gasteiger partial charge in [0.05, 0.1) is 0 Å². The second-order valence-corrected chi connectivity index (χ2v) is 5.32. The van der Waals surface area contributed by atoms with E-state index in [0.717, 1.165) is 23.6 Å². The Morgan fingerprint density at radius 3 is 2.46 bits per heavy atom. The van der Waals surface area contributed by atoms with Gasteiger partial charge in [0.15, 0.2) is 17.6 Å². The summed E-state index contributed by atoms with van der Waals surface area (Å²) in [5.41, 5.74) is 0.614. The molecule has 0 N–H and O–H groups in total. The average molecular weight is 376 g/mol. The number of aromatic nitrogens is 4. The van der Waals surface area contributed by atoms with Crippen LogP contribution in [0, 0.1) is 5.82 Å². The van der Waals surface area contributed by atoms with Gasteiger partial charge in [0.1, 0.15) is 0 Å². The minimum absolute atomic E-state index is 0.158. The number of ether oxygens (including phenoxy) is 1. The fourth-order valence-electron chi connectivity index (χ4n) is 2.13. The lowest BCUT2D eigenvalue weighted by atomic mass is 10.1. The average Bonchev–Trinajstić information content (AvgIpc) is 2.99. The summed E-state index contributed by atoms with van der Waals surface area (Å²) in [4.78, 5) is 3.55. The van der Waals surface area contributed by atoms with Crippen LogP contribution in [-0.4, -0.2) is 31.9 Å². The van der Waals surface area contributed by atoms with Crippen molar-refractivity contribution in [2.45, 2.75) is 25.6 Å². The monoisotopic (exact) mass is 376 g/mol. The maximum Gasteiger partial charge on any atom is 0.425 e. The molecule has 26 heavy (non-hydrogen) atoms. The molecule has 5 nitrogen and oxygen atoms in total. The van der Waals surface area contributed by atoms with Crippen molar-refractivity contribution in [3.63, 3.8) is 0 Å². The van der Waals surface area contributed by atoms with Crippen molar-refractivity contribution >= 4 is 5.65 Å². The van der Waals surface area contributed by atoms with Gasteiger partial charge in [0, 0.05) is 23.5 Å². The minimum Gasteiger partial charge on any atom is -0.463 e. The summed E-state index contributed by atoms with van der Waals surface area (Å²) >= 11 is 0. The lowest BCUT2D eigenvalue weighted by molar-refractivity contribution is -0.190. The van der Waals surface area contributed by atoms with Gasteiger partial charge in [0.2, 0.25) is 5.82 Å². The molecular weight excluding hydrogens is 366 g/mol. The Kier molecular flexibility index (Phi) is 4.46. The molecule has 0 aliphatic rings. The second-order valence-electron chi connectivity index (χ2n) is 5.32. The van der Waals surface area contributed by atoms with E-state index in [1.165, 1.54) is 18.3 Å². The molecule has 1 atom stereocenters. The summed E-state index contributed by atoms with van der Waals surface area (Å²) in [6.07, 6.45) is -7.44. The Morgan fingerprint density at radius 1 is 1.12 bits per heavy atom. The fraction of sp³-hybridized carbons (Fsp3) is 0.267. The molecule has 3 aromatic rings. The van der Waals surface area contributed by atoms with Gasteiger partial charge >= 0.3 is 6.18 Å². The summed E-state index contributed by atoms with van der Waals surface area (Å²) in [7, 11) is 0. The number of nitrogens with zero attached hydrogens (tertiary/aromatic N) is 4. The molecule has 0 aliphatic carbocycles. The van der Waals surface area contributed by atoms with Crippen LogP contribution in [0.5, 0.6) is 5.88 Å². The van der Waals surface area contributed by atoms with Crippen LogP contribution in [-0.2, 0) is 0 Å². The highest BCUT2D eigenvalue weighted by Gasteiger charge is 2.38. The van der Waals surface area contributed by atoms with E-state index in [1.54, 1.807) is 0 Å². The van der Waals surface area contributed by atoms with Crippen molar-refractivity contribution in [3.8, 4) is 17.0 Å². The summed E-state index contributed by atoms with van der Waals surface area (Å²) in [5, 5.41) is 6.94. The van der Waals surface area contributed by atoms with Gasteiger partial charge in [-0.15, -0.1) is 10.2 Å². The lowest BCUT2D eigenvalue weighted by Crippen LogP contribution is -2.31. The number of pyridine rings is 2. The van der Waals surface area contributed by atoms with E-state index >= 15 is 0 Å². The SMILES string of the molecule is C[C@@H](Oc1ncc(-c2ccc3nnc(C(F)F)n3c2)cc1F)C(F)(F)F. The summed E-state index contributed by atoms with van der Waals surface area (Å²) in [6.45, 7) is 0.723. The molecule has 3 aromatic heterocycles. The Balaban J connectivity index is 1.94. The zero-order valence-corrected chi connectivity index (χ0v) is 13.0. The highest BCUT2D eigenvalue weighted by atomic mass is 19.4. The molecule has 0 aliphatic heterocycles. The molecule has 0 bridgehead atoms. The van der Waals surface area contributed by atoms with Crippen molar-refractivity contribution in [2.75, 3.05) is 0 Å². The number of hydrogen-bond donors (Lipinski definition) is 0. The first-order chi connectivity index (χ1) is 12.2. The lowest BCUT2D eigenvalue weighted by Gasteiger charge is -2.17. The van der Waals surface area contributed by atoms with E-state index in [1.807, 2.05) is 0 Å². The summed E-state index contributed by atoms with van der Waals surface area (Å²) < 4.78 is 82.8. The molecule has 0 saturated heterocycles. The number of halogens is 6. The predicted octanol–water partition coefficient (Wildman–Crippen LogP) is 4.20. The van der Waals surface area contributed by atoms with Crippen LogP contribution in [0.4, 0.5) is 26.3 Å². The molecule has 0 fully saturated rings. The second kappa shape index (κ2) is 6.46. The van der Waals surface area contributed by atoms with Crippen LogP contribution >= 0.6 is 0 Å². The largest absolute Gasteiger partial charge is 0.463 e. The first kappa shape index (κ1) is 18.0. The molecule has 0 spiro atoms. The smallest absolute Gasteiger partial charge is 0.425 e. The summed E-state index contributed by atoms with van der Waals surface area (Å²) in [6, 6.07) is 3.76. The molecule has 11 heteroatoms. The third-order valence-corrected chi connectivity index (χ3v) is 3.51. The van der Waals surface area contributed by atoms with Crippen LogP contribution in [0.15, 0.2) is 30.6 Å². The van der Waals surface area contributed by atoms with E-state index in [0.29, 0.717) is 5.56 Å². The molecule has 3 heterocycles. The van der Waals surface area contributed by atoms with E-state index < -0.39 is 36.2 Å². The number of hydrogen-bond acceptors (Lipinski definition) is 4.